The highest BCUT2D eigenvalue weighted by molar-refractivity contribution is 7.97. The maximum Gasteiger partial charge on any atom is 0.397 e. The zero-order valence-corrected chi connectivity index (χ0v) is 28.1. The fourth-order valence-corrected chi connectivity index (χ4v) is 9.06. The molecule has 254 valence electrons. The van der Waals surface area contributed by atoms with Crippen molar-refractivity contribution in [1.82, 2.24) is 0 Å². The molecule has 2 aliphatic rings. The summed E-state index contributed by atoms with van der Waals surface area (Å²) in [5.41, 5.74) is 3.96. The SMILES string of the molecule is O=S(=O)(O)OC1COC(c2ccccc2)O[C@@H]1C[S+]1C[C@H](OCc2ccccc2)C(OCc2ccccc2)[C@H](OCc2ccccc2)C1. The van der Waals surface area contributed by atoms with Crippen molar-refractivity contribution >= 4 is 21.3 Å². The van der Waals surface area contributed by atoms with Gasteiger partial charge in [0.1, 0.15) is 47.8 Å². The molecule has 7 atom stereocenters. The van der Waals surface area contributed by atoms with E-state index in [0.717, 1.165) is 22.3 Å². The lowest BCUT2D eigenvalue weighted by Crippen LogP contribution is -2.57. The molecule has 0 aliphatic carbocycles. The van der Waals surface area contributed by atoms with E-state index in [0.29, 0.717) is 37.1 Å². The van der Waals surface area contributed by atoms with E-state index in [1.54, 1.807) is 0 Å². The first-order valence-corrected chi connectivity index (χ1v) is 19.1. The molecule has 0 saturated carbocycles. The molecule has 11 heteroatoms. The summed E-state index contributed by atoms with van der Waals surface area (Å²) in [7, 11) is -5.12. The second-order valence-corrected chi connectivity index (χ2v) is 15.1. The van der Waals surface area contributed by atoms with Crippen LogP contribution in [0.2, 0.25) is 0 Å². The summed E-state index contributed by atoms with van der Waals surface area (Å²) in [6.07, 6.45) is -3.41. The van der Waals surface area contributed by atoms with Gasteiger partial charge in [0.05, 0.1) is 26.4 Å². The highest BCUT2D eigenvalue weighted by Gasteiger charge is 2.49. The van der Waals surface area contributed by atoms with Crippen LogP contribution < -0.4 is 0 Å². The van der Waals surface area contributed by atoms with Gasteiger partial charge in [0.2, 0.25) is 0 Å². The second-order valence-electron chi connectivity index (χ2n) is 11.9. The minimum atomic E-state index is -4.75. The first kappa shape index (κ1) is 34.8. The number of benzene rings is 4. The van der Waals surface area contributed by atoms with Gasteiger partial charge in [0, 0.05) is 5.56 Å². The summed E-state index contributed by atoms with van der Waals surface area (Å²) < 4.78 is 70.5. The smallest absolute Gasteiger partial charge is 0.368 e. The predicted molar refractivity (Wildman–Crippen MR) is 183 cm³/mol. The molecule has 4 unspecified atom stereocenters. The van der Waals surface area contributed by atoms with Crippen LogP contribution >= 0.6 is 0 Å². The molecular formula is C37H41O9S2+. The monoisotopic (exact) mass is 693 g/mol. The first-order chi connectivity index (χ1) is 23.4. The predicted octanol–water partition coefficient (Wildman–Crippen LogP) is 5.68. The van der Waals surface area contributed by atoms with Crippen LogP contribution in [-0.4, -0.2) is 67.4 Å². The maximum atomic E-state index is 11.8. The molecule has 4 aromatic rings. The van der Waals surface area contributed by atoms with Gasteiger partial charge in [-0.25, -0.2) is 4.18 Å². The summed E-state index contributed by atoms with van der Waals surface area (Å²) in [6.45, 7) is 1.14. The van der Waals surface area contributed by atoms with Crippen molar-refractivity contribution in [2.45, 2.75) is 56.6 Å². The lowest BCUT2D eigenvalue weighted by atomic mass is 10.1. The summed E-state index contributed by atoms with van der Waals surface area (Å²) >= 11 is 0. The van der Waals surface area contributed by atoms with Crippen molar-refractivity contribution in [3.8, 4) is 0 Å². The average molecular weight is 694 g/mol. The van der Waals surface area contributed by atoms with Crippen molar-refractivity contribution in [2.24, 2.45) is 0 Å². The molecule has 0 bridgehead atoms. The Hall–Kier alpha value is -3.10. The molecule has 2 fully saturated rings. The van der Waals surface area contributed by atoms with Crippen LogP contribution in [0.3, 0.4) is 0 Å². The topological polar surface area (TPSA) is 110 Å². The number of hydrogen-bond donors (Lipinski definition) is 1. The average Bonchev–Trinajstić information content (AvgIpc) is 3.11. The molecule has 2 saturated heterocycles. The summed E-state index contributed by atoms with van der Waals surface area (Å²) in [5.74, 6) is 1.74. The summed E-state index contributed by atoms with van der Waals surface area (Å²) in [6, 6.07) is 39.5. The Morgan fingerprint density at radius 3 is 1.58 bits per heavy atom. The zero-order valence-electron chi connectivity index (χ0n) is 26.5. The van der Waals surface area contributed by atoms with Crippen molar-refractivity contribution in [1.29, 1.82) is 0 Å². The second kappa shape index (κ2) is 17.0. The van der Waals surface area contributed by atoms with Gasteiger partial charge in [-0.3, -0.25) is 4.55 Å². The van der Waals surface area contributed by atoms with Crippen molar-refractivity contribution < 1.29 is 40.8 Å². The van der Waals surface area contributed by atoms with Gasteiger partial charge < -0.3 is 23.7 Å². The Kier molecular flexibility index (Phi) is 12.3. The molecule has 0 aromatic heterocycles. The van der Waals surface area contributed by atoms with Crippen LogP contribution in [0.1, 0.15) is 28.5 Å². The van der Waals surface area contributed by atoms with E-state index in [1.807, 2.05) is 121 Å². The molecule has 2 heterocycles. The minimum Gasteiger partial charge on any atom is -0.368 e. The van der Waals surface area contributed by atoms with Gasteiger partial charge in [0.15, 0.2) is 6.29 Å². The van der Waals surface area contributed by atoms with Crippen LogP contribution in [0.25, 0.3) is 0 Å². The van der Waals surface area contributed by atoms with Crippen molar-refractivity contribution in [3.05, 3.63) is 144 Å². The molecule has 0 spiro atoms. The van der Waals surface area contributed by atoms with Crippen LogP contribution in [0, 0.1) is 0 Å². The molecule has 4 aromatic carbocycles. The highest BCUT2D eigenvalue weighted by Crippen LogP contribution is 2.32. The fraction of sp³-hybridized carbons (Fsp3) is 0.351. The minimum absolute atomic E-state index is 0.0636. The van der Waals surface area contributed by atoms with Crippen LogP contribution in [0.5, 0.6) is 0 Å². The van der Waals surface area contributed by atoms with Crippen LogP contribution in [0.4, 0.5) is 0 Å². The third-order valence-corrected chi connectivity index (χ3v) is 11.2. The van der Waals surface area contributed by atoms with Crippen LogP contribution in [0.15, 0.2) is 121 Å². The van der Waals surface area contributed by atoms with Crippen molar-refractivity contribution in [3.63, 3.8) is 0 Å². The quantitative estimate of drug-likeness (QED) is 0.132. The molecule has 0 amide bonds. The molecule has 6 rings (SSSR count). The number of hydrogen-bond acceptors (Lipinski definition) is 8. The standard InChI is InChI=1S/C37H40O9S2/c38-48(39,40)46-32-24-44-37(31-19-11-4-12-20-31)45-33(32)25-47-26-34(41-21-28-13-5-1-6-14-28)36(43-23-30-17-9-3-10-18-30)35(27-47)42-22-29-15-7-2-8-16-29/h1-20,32-37H,21-27H2/p+1/t32?,33-,34-,35+,36?,37?,47?/m1/s1. The van der Waals surface area contributed by atoms with Gasteiger partial charge in [-0.2, -0.15) is 8.42 Å². The van der Waals surface area contributed by atoms with E-state index >= 15 is 0 Å². The number of rotatable bonds is 14. The van der Waals surface area contributed by atoms with E-state index in [1.165, 1.54) is 0 Å². The van der Waals surface area contributed by atoms with Gasteiger partial charge in [-0.15, -0.1) is 0 Å². The third-order valence-electron chi connectivity index (χ3n) is 8.27. The molecular weight excluding hydrogens is 653 g/mol. The molecule has 2 aliphatic heterocycles. The third kappa shape index (κ3) is 10.2. The first-order valence-electron chi connectivity index (χ1n) is 16.0. The van der Waals surface area contributed by atoms with E-state index in [2.05, 4.69) is 0 Å². The van der Waals surface area contributed by atoms with Crippen molar-refractivity contribution in [2.75, 3.05) is 23.9 Å². The van der Waals surface area contributed by atoms with E-state index in [9.17, 15) is 13.0 Å². The van der Waals surface area contributed by atoms with E-state index < -0.39 is 28.9 Å². The largest absolute Gasteiger partial charge is 0.397 e. The Balaban J connectivity index is 1.25. The Bertz CT molecular complexity index is 1580. The Morgan fingerprint density at radius 1 is 0.646 bits per heavy atom. The molecule has 0 radical (unpaired) electrons. The zero-order chi connectivity index (χ0) is 33.2. The normalized spacial score (nSPS) is 26.2. The van der Waals surface area contributed by atoms with Gasteiger partial charge in [-0.05, 0) is 27.6 Å². The molecule has 48 heavy (non-hydrogen) atoms. The fourth-order valence-electron chi connectivity index (χ4n) is 5.91. The lowest BCUT2D eigenvalue weighted by molar-refractivity contribution is -0.245. The Morgan fingerprint density at radius 2 is 1.10 bits per heavy atom. The summed E-state index contributed by atoms with van der Waals surface area (Å²) in [4.78, 5) is 0. The molecule has 1 N–H and O–H groups in total. The lowest BCUT2D eigenvalue weighted by Gasteiger charge is -2.39. The highest BCUT2D eigenvalue weighted by atomic mass is 32.3. The summed E-state index contributed by atoms with van der Waals surface area (Å²) in [5, 5.41) is 0. The molecule has 9 nitrogen and oxygen atoms in total. The van der Waals surface area contributed by atoms with Gasteiger partial charge in [-0.1, -0.05) is 121 Å². The van der Waals surface area contributed by atoms with Crippen LogP contribution in [-0.2, 0) is 69.0 Å². The number of ether oxygens (including phenoxy) is 5. The van der Waals surface area contributed by atoms with E-state index in [-0.39, 0.29) is 35.8 Å². The Labute approximate surface area is 285 Å². The maximum absolute atomic E-state index is 11.8. The van der Waals surface area contributed by atoms with Gasteiger partial charge in [0.25, 0.3) is 0 Å². The van der Waals surface area contributed by atoms with Gasteiger partial charge >= 0.3 is 10.4 Å². The van der Waals surface area contributed by atoms with E-state index in [4.69, 9.17) is 27.9 Å².